The van der Waals surface area contributed by atoms with E-state index in [2.05, 4.69) is 17.4 Å². The van der Waals surface area contributed by atoms with Crippen molar-refractivity contribution in [3.63, 3.8) is 0 Å². The van der Waals surface area contributed by atoms with Gasteiger partial charge in [0.05, 0.1) is 5.69 Å². The maximum absolute atomic E-state index is 14.5. The van der Waals surface area contributed by atoms with Crippen molar-refractivity contribution >= 4 is 11.6 Å². The summed E-state index contributed by atoms with van der Waals surface area (Å²) in [4.78, 5) is 15.7. The fourth-order valence-corrected chi connectivity index (χ4v) is 4.15. The van der Waals surface area contributed by atoms with Crippen LogP contribution in [0.1, 0.15) is 18.4 Å². The van der Waals surface area contributed by atoms with E-state index >= 15 is 0 Å². The quantitative estimate of drug-likeness (QED) is 0.527. The number of phenolic OH excluding ortho intramolecular Hbond substituents is 1. The topological polar surface area (TPSA) is 77.1 Å². The second-order valence-corrected chi connectivity index (χ2v) is 8.72. The predicted molar refractivity (Wildman–Crippen MR) is 122 cm³/mol. The molecule has 0 bridgehead atoms. The Bertz CT molecular complexity index is 1070. The molecule has 0 unspecified atom stereocenters. The number of fused-ring (bicyclic) bond motifs is 1. The maximum atomic E-state index is 14.5. The third-order valence-electron chi connectivity index (χ3n) is 6.05. The van der Waals surface area contributed by atoms with Crippen molar-refractivity contribution in [2.24, 2.45) is 0 Å². The number of rotatable bonds is 8. The number of hydrogen-bond donors (Lipinski definition) is 3. The molecular weight excluding hydrogens is 430 g/mol. The lowest BCUT2D eigenvalue weighted by atomic mass is 9.87. The van der Waals surface area contributed by atoms with Crippen LogP contribution in [-0.4, -0.2) is 60.1 Å². The summed E-state index contributed by atoms with van der Waals surface area (Å²) in [5, 5.41) is 9.52. The van der Waals surface area contributed by atoms with Gasteiger partial charge >= 0.3 is 0 Å². The lowest BCUT2D eigenvalue weighted by molar-refractivity contribution is -0.135. The molecule has 0 radical (unpaired) electrons. The number of halogens is 2. The number of carbonyl (C=O) groups is 1. The highest BCUT2D eigenvalue weighted by molar-refractivity contribution is 5.91. The minimum Gasteiger partial charge on any atom is -0.508 e. The number of benzene rings is 2. The van der Waals surface area contributed by atoms with Crippen molar-refractivity contribution in [2.45, 2.75) is 31.5 Å². The van der Waals surface area contributed by atoms with Crippen LogP contribution in [0.5, 0.6) is 11.5 Å². The van der Waals surface area contributed by atoms with E-state index in [-0.39, 0.29) is 17.9 Å². The highest BCUT2D eigenvalue weighted by Crippen LogP contribution is 2.39. The number of hydrazine groups is 1. The summed E-state index contributed by atoms with van der Waals surface area (Å²) in [7, 11) is 3.79. The average Bonchev–Trinajstić information content (AvgIpc) is 3.20. The fourth-order valence-electron chi connectivity index (χ4n) is 4.15. The number of ether oxygens (including phenoxy) is 1. The molecular formula is C24H28F2N4O3. The zero-order valence-electron chi connectivity index (χ0n) is 18.7. The summed E-state index contributed by atoms with van der Waals surface area (Å²) in [6.45, 7) is 4.73. The van der Waals surface area contributed by atoms with E-state index < -0.39 is 17.6 Å². The Labute approximate surface area is 191 Å². The smallest absolute Gasteiger partial charge is 0.282 e. The van der Waals surface area contributed by atoms with Gasteiger partial charge < -0.3 is 25.1 Å². The molecule has 0 atom stereocenters. The minimum atomic E-state index is -0.961. The standard InChI is InChI=1S/C24H28F2N4O3/c1-14(25)24(32)30(7-6-29(2)3)16-10-18(11-16)33-23-9-15(8-22-20(23)13-27-28-22)19-5-4-17(31)12-21(19)26/h4-5,8-9,12,16,18,27-28,31H,1,6-7,10-11,13H2,2-3H3. The molecule has 4 rings (SSSR count). The Kier molecular flexibility index (Phi) is 6.53. The number of nitrogens with zero attached hydrogens (tertiary/aromatic N) is 2. The second kappa shape index (κ2) is 9.36. The Hall–Kier alpha value is -3.17. The highest BCUT2D eigenvalue weighted by Gasteiger charge is 2.38. The first-order chi connectivity index (χ1) is 15.7. The molecule has 1 amide bonds. The monoisotopic (exact) mass is 458 g/mol. The van der Waals surface area contributed by atoms with Gasteiger partial charge in [0.2, 0.25) is 0 Å². The zero-order valence-corrected chi connectivity index (χ0v) is 18.7. The van der Waals surface area contributed by atoms with Gasteiger partial charge in [-0.1, -0.05) is 6.58 Å². The molecule has 3 N–H and O–H groups in total. The number of amides is 1. The van der Waals surface area contributed by atoms with Gasteiger partial charge in [-0.2, -0.15) is 0 Å². The fraction of sp³-hybridized carbons (Fsp3) is 0.375. The van der Waals surface area contributed by atoms with Gasteiger partial charge in [0, 0.05) is 55.7 Å². The zero-order chi connectivity index (χ0) is 23.7. The molecule has 0 aromatic heterocycles. The summed E-state index contributed by atoms with van der Waals surface area (Å²) in [5.41, 5.74) is 8.80. The van der Waals surface area contributed by atoms with Crippen molar-refractivity contribution in [1.82, 2.24) is 15.2 Å². The Morgan fingerprint density at radius 1 is 1.24 bits per heavy atom. The van der Waals surface area contributed by atoms with Crippen LogP contribution in [0.3, 0.4) is 0 Å². The first-order valence-electron chi connectivity index (χ1n) is 10.8. The van der Waals surface area contributed by atoms with Gasteiger partial charge in [-0.3, -0.25) is 4.79 Å². The van der Waals surface area contributed by atoms with E-state index in [1.807, 2.05) is 25.1 Å². The largest absolute Gasteiger partial charge is 0.508 e. The first kappa shape index (κ1) is 23.0. The minimum absolute atomic E-state index is 0.128. The van der Waals surface area contributed by atoms with Gasteiger partial charge in [0.1, 0.15) is 23.4 Å². The highest BCUT2D eigenvalue weighted by atomic mass is 19.1. The number of hydrogen-bond acceptors (Lipinski definition) is 6. The van der Waals surface area contributed by atoms with Crippen molar-refractivity contribution in [2.75, 3.05) is 32.6 Å². The molecule has 9 heteroatoms. The van der Waals surface area contributed by atoms with Crippen LogP contribution in [0.25, 0.3) is 11.1 Å². The van der Waals surface area contributed by atoms with Crippen molar-refractivity contribution in [3.05, 3.63) is 54.1 Å². The lowest BCUT2D eigenvalue weighted by Gasteiger charge is -2.43. The van der Waals surface area contributed by atoms with Gasteiger partial charge in [0.25, 0.3) is 5.91 Å². The summed E-state index contributed by atoms with van der Waals surface area (Å²) >= 11 is 0. The number of nitrogens with one attached hydrogen (secondary N) is 2. The van der Waals surface area contributed by atoms with Gasteiger partial charge in [-0.25, -0.2) is 14.2 Å². The molecule has 1 saturated carbocycles. The van der Waals surface area contributed by atoms with Crippen LogP contribution in [0.15, 0.2) is 42.7 Å². The van der Waals surface area contributed by atoms with E-state index in [0.29, 0.717) is 49.4 Å². The Balaban J connectivity index is 1.50. The molecule has 2 aromatic rings. The van der Waals surface area contributed by atoms with Crippen molar-refractivity contribution < 1.29 is 23.4 Å². The average molecular weight is 459 g/mol. The van der Waals surface area contributed by atoms with Crippen LogP contribution in [0.4, 0.5) is 14.5 Å². The number of phenols is 1. The van der Waals surface area contributed by atoms with Crippen molar-refractivity contribution in [1.29, 1.82) is 0 Å². The normalized spacial score (nSPS) is 18.9. The number of anilines is 1. The first-order valence-corrected chi connectivity index (χ1v) is 10.8. The molecule has 7 nitrogen and oxygen atoms in total. The summed E-state index contributed by atoms with van der Waals surface area (Å²) in [6.07, 6.45) is 0.988. The third-order valence-corrected chi connectivity index (χ3v) is 6.05. The summed E-state index contributed by atoms with van der Waals surface area (Å²) in [6, 6.07) is 7.52. The molecule has 0 spiro atoms. The van der Waals surface area contributed by atoms with Crippen molar-refractivity contribution in [3.8, 4) is 22.6 Å². The van der Waals surface area contributed by atoms with Crippen LogP contribution >= 0.6 is 0 Å². The van der Waals surface area contributed by atoms with Gasteiger partial charge in [0.15, 0.2) is 5.83 Å². The molecule has 1 heterocycles. The van der Waals surface area contributed by atoms with E-state index in [0.717, 1.165) is 17.3 Å². The van der Waals surface area contributed by atoms with Crippen LogP contribution in [-0.2, 0) is 11.3 Å². The number of aromatic hydroxyl groups is 1. The molecule has 33 heavy (non-hydrogen) atoms. The second-order valence-electron chi connectivity index (χ2n) is 8.72. The predicted octanol–water partition coefficient (Wildman–Crippen LogP) is 3.41. The van der Waals surface area contributed by atoms with E-state index in [4.69, 9.17) is 4.74 Å². The van der Waals surface area contributed by atoms with Gasteiger partial charge in [-0.15, -0.1) is 0 Å². The summed E-state index contributed by atoms with van der Waals surface area (Å²) < 4.78 is 34.3. The molecule has 1 aliphatic carbocycles. The van der Waals surface area contributed by atoms with Gasteiger partial charge in [-0.05, 0) is 43.9 Å². The third kappa shape index (κ3) is 4.94. The molecule has 176 valence electrons. The Morgan fingerprint density at radius 3 is 2.67 bits per heavy atom. The van der Waals surface area contributed by atoms with E-state index in [1.165, 1.54) is 17.0 Å². The maximum Gasteiger partial charge on any atom is 0.282 e. The molecule has 1 aliphatic heterocycles. The SMILES string of the molecule is C=C(F)C(=O)N(CCN(C)C)C1CC(Oc2cc(-c3ccc(O)cc3F)cc3c2CNN3)C1. The van der Waals surface area contributed by atoms with E-state index in [9.17, 15) is 18.7 Å². The Morgan fingerprint density at radius 2 is 2.00 bits per heavy atom. The molecule has 2 aliphatic rings. The number of carbonyl (C=O) groups excluding carboxylic acids is 1. The lowest BCUT2D eigenvalue weighted by Crippen LogP contribution is -2.53. The molecule has 2 aromatic carbocycles. The van der Waals surface area contributed by atoms with Crippen LogP contribution in [0, 0.1) is 5.82 Å². The number of likely N-dealkylation sites (N-methyl/N-ethyl adjacent to an activating group) is 1. The molecule has 0 saturated heterocycles. The van der Waals surface area contributed by atoms with Crippen LogP contribution < -0.4 is 15.6 Å². The van der Waals surface area contributed by atoms with E-state index in [1.54, 1.807) is 6.07 Å². The van der Waals surface area contributed by atoms with Crippen LogP contribution in [0.2, 0.25) is 0 Å². The molecule has 1 fully saturated rings. The summed E-state index contributed by atoms with van der Waals surface area (Å²) in [5.74, 6) is -1.69.